The van der Waals surface area contributed by atoms with Crippen LogP contribution < -0.4 is 5.32 Å². The summed E-state index contributed by atoms with van der Waals surface area (Å²) in [6.45, 7) is 2.80. The number of hydrogen-bond donors (Lipinski definition) is 2. The molecule has 0 aromatic heterocycles. The molecule has 82 valence electrons. The lowest BCUT2D eigenvalue weighted by atomic mass is 9.93. The Labute approximate surface area is 90.1 Å². The predicted molar refractivity (Wildman–Crippen MR) is 60.3 cm³/mol. The van der Waals surface area contributed by atoms with Crippen molar-refractivity contribution < 1.29 is 9.84 Å². The van der Waals surface area contributed by atoms with Gasteiger partial charge in [-0.25, -0.2) is 0 Å². The Morgan fingerprint density at radius 2 is 2.33 bits per heavy atom. The molecule has 0 saturated heterocycles. The molecule has 3 nitrogen and oxygen atoms in total. The van der Waals surface area contributed by atoms with Crippen molar-refractivity contribution in [2.75, 3.05) is 19.0 Å². The average Bonchev–Trinajstić information content (AvgIpc) is 2.59. The molecule has 15 heavy (non-hydrogen) atoms. The zero-order valence-corrected chi connectivity index (χ0v) is 9.21. The van der Waals surface area contributed by atoms with Gasteiger partial charge in [-0.05, 0) is 18.6 Å². The topological polar surface area (TPSA) is 41.5 Å². The van der Waals surface area contributed by atoms with Crippen molar-refractivity contribution in [3.05, 3.63) is 23.8 Å². The fourth-order valence-electron chi connectivity index (χ4n) is 2.22. The summed E-state index contributed by atoms with van der Waals surface area (Å²) in [5.74, 6) is 0.381. The van der Waals surface area contributed by atoms with E-state index < -0.39 is 0 Å². The lowest BCUT2D eigenvalue weighted by Crippen LogP contribution is -2.40. The van der Waals surface area contributed by atoms with Gasteiger partial charge in [-0.3, -0.25) is 0 Å². The highest BCUT2D eigenvalue weighted by Gasteiger charge is 2.36. The number of nitrogens with one attached hydrogen (secondary N) is 1. The maximum Gasteiger partial charge on any atom is 0.120 e. The molecule has 0 bridgehead atoms. The van der Waals surface area contributed by atoms with Crippen LogP contribution in [0.3, 0.4) is 0 Å². The number of hydrogen-bond acceptors (Lipinski definition) is 3. The third kappa shape index (κ3) is 1.67. The normalized spacial score (nSPS) is 23.6. The number of anilines is 1. The molecule has 2 N–H and O–H groups in total. The van der Waals surface area contributed by atoms with Crippen LogP contribution in [-0.2, 0) is 11.2 Å². The lowest BCUT2D eigenvalue weighted by Gasteiger charge is -2.27. The molecule has 3 heteroatoms. The molecular formula is C12H17NO2. The van der Waals surface area contributed by atoms with Gasteiger partial charge in [0.25, 0.3) is 0 Å². The second kappa shape index (κ2) is 3.74. The standard InChI is InChI=1S/C12H17NO2/c1-3-12(8-15-2)7-9-10(13-12)5-4-6-11(9)14/h4-6,13-14H,3,7-8H2,1-2H3. The van der Waals surface area contributed by atoms with E-state index >= 15 is 0 Å². The van der Waals surface area contributed by atoms with E-state index in [1.807, 2.05) is 12.1 Å². The first kappa shape index (κ1) is 10.3. The van der Waals surface area contributed by atoms with E-state index in [-0.39, 0.29) is 5.54 Å². The third-order valence-electron chi connectivity index (χ3n) is 3.16. The Morgan fingerprint density at radius 3 is 2.93 bits per heavy atom. The molecule has 1 heterocycles. The second-order valence-corrected chi connectivity index (χ2v) is 4.17. The molecule has 1 atom stereocenters. The molecule has 1 unspecified atom stereocenters. The second-order valence-electron chi connectivity index (χ2n) is 4.17. The van der Waals surface area contributed by atoms with Crippen molar-refractivity contribution in [3.8, 4) is 5.75 Å². The van der Waals surface area contributed by atoms with Crippen molar-refractivity contribution in [1.82, 2.24) is 0 Å². The zero-order valence-electron chi connectivity index (χ0n) is 9.21. The van der Waals surface area contributed by atoms with Gasteiger partial charge in [-0.2, -0.15) is 0 Å². The number of fused-ring (bicyclic) bond motifs is 1. The molecule has 0 radical (unpaired) electrons. The monoisotopic (exact) mass is 207 g/mol. The van der Waals surface area contributed by atoms with Crippen LogP contribution in [0, 0.1) is 0 Å². The molecule has 1 aromatic carbocycles. The maximum atomic E-state index is 9.75. The Morgan fingerprint density at radius 1 is 1.53 bits per heavy atom. The number of phenols is 1. The van der Waals surface area contributed by atoms with E-state index in [1.54, 1.807) is 13.2 Å². The minimum Gasteiger partial charge on any atom is -0.508 e. The molecule has 0 fully saturated rings. The fraction of sp³-hybridized carbons (Fsp3) is 0.500. The summed E-state index contributed by atoms with van der Waals surface area (Å²) >= 11 is 0. The summed E-state index contributed by atoms with van der Waals surface area (Å²) in [4.78, 5) is 0. The van der Waals surface area contributed by atoms with Crippen molar-refractivity contribution in [2.24, 2.45) is 0 Å². The Balaban J connectivity index is 2.31. The van der Waals surface area contributed by atoms with E-state index in [2.05, 4.69) is 12.2 Å². The van der Waals surface area contributed by atoms with Crippen LogP contribution in [0.15, 0.2) is 18.2 Å². The van der Waals surface area contributed by atoms with Crippen molar-refractivity contribution in [1.29, 1.82) is 0 Å². The molecule has 0 amide bonds. The van der Waals surface area contributed by atoms with Crippen LogP contribution in [0.1, 0.15) is 18.9 Å². The van der Waals surface area contributed by atoms with Gasteiger partial charge in [0.2, 0.25) is 0 Å². The van der Waals surface area contributed by atoms with Crippen molar-refractivity contribution >= 4 is 5.69 Å². The fourth-order valence-corrected chi connectivity index (χ4v) is 2.22. The van der Waals surface area contributed by atoms with Gasteiger partial charge in [-0.15, -0.1) is 0 Å². The maximum absolute atomic E-state index is 9.75. The number of aromatic hydroxyl groups is 1. The van der Waals surface area contributed by atoms with Crippen LogP contribution in [-0.4, -0.2) is 24.4 Å². The molecule has 1 aliphatic heterocycles. The predicted octanol–water partition coefficient (Wildman–Crippen LogP) is 2.16. The molecule has 0 spiro atoms. The van der Waals surface area contributed by atoms with Crippen LogP contribution in [0.25, 0.3) is 0 Å². The van der Waals surface area contributed by atoms with E-state index in [0.29, 0.717) is 12.4 Å². The highest BCUT2D eigenvalue weighted by molar-refractivity contribution is 5.63. The first-order valence-corrected chi connectivity index (χ1v) is 5.29. The van der Waals surface area contributed by atoms with E-state index in [1.165, 1.54) is 0 Å². The molecular weight excluding hydrogens is 190 g/mol. The van der Waals surface area contributed by atoms with Crippen LogP contribution in [0.4, 0.5) is 5.69 Å². The highest BCUT2D eigenvalue weighted by Crippen LogP contribution is 2.39. The Bertz CT molecular complexity index is 365. The smallest absolute Gasteiger partial charge is 0.120 e. The van der Waals surface area contributed by atoms with Gasteiger partial charge in [0.15, 0.2) is 0 Å². The first-order valence-electron chi connectivity index (χ1n) is 5.29. The number of rotatable bonds is 3. The SMILES string of the molecule is CCC1(COC)Cc2c(O)cccc2N1. The minimum atomic E-state index is -0.0457. The van der Waals surface area contributed by atoms with Crippen LogP contribution in [0.5, 0.6) is 5.75 Å². The summed E-state index contributed by atoms with van der Waals surface area (Å²) in [6.07, 6.45) is 1.81. The molecule has 1 aliphatic rings. The Kier molecular flexibility index (Phi) is 2.57. The van der Waals surface area contributed by atoms with Gasteiger partial charge in [0.05, 0.1) is 12.1 Å². The number of methoxy groups -OCH3 is 1. The average molecular weight is 207 g/mol. The van der Waals surface area contributed by atoms with Gasteiger partial charge >= 0.3 is 0 Å². The number of benzene rings is 1. The van der Waals surface area contributed by atoms with E-state index in [0.717, 1.165) is 24.1 Å². The van der Waals surface area contributed by atoms with Gasteiger partial charge in [0.1, 0.15) is 5.75 Å². The summed E-state index contributed by atoms with van der Waals surface area (Å²) in [5.41, 5.74) is 2.00. The highest BCUT2D eigenvalue weighted by atomic mass is 16.5. The van der Waals surface area contributed by atoms with Crippen LogP contribution >= 0.6 is 0 Å². The Hall–Kier alpha value is -1.22. The molecule has 1 aromatic rings. The summed E-state index contributed by atoms with van der Waals surface area (Å²) < 4.78 is 5.25. The first-order chi connectivity index (χ1) is 7.21. The van der Waals surface area contributed by atoms with E-state index in [9.17, 15) is 5.11 Å². The van der Waals surface area contributed by atoms with Gasteiger partial charge in [0, 0.05) is 24.8 Å². The minimum absolute atomic E-state index is 0.0457. The van der Waals surface area contributed by atoms with Crippen molar-refractivity contribution in [3.63, 3.8) is 0 Å². The quantitative estimate of drug-likeness (QED) is 0.798. The van der Waals surface area contributed by atoms with E-state index in [4.69, 9.17) is 4.74 Å². The summed E-state index contributed by atoms with van der Waals surface area (Å²) in [7, 11) is 1.71. The lowest BCUT2D eigenvalue weighted by molar-refractivity contribution is 0.143. The summed E-state index contributed by atoms with van der Waals surface area (Å²) in [5, 5.41) is 13.2. The van der Waals surface area contributed by atoms with Gasteiger partial charge < -0.3 is 15.2 Å². The third-order valence-corrected chi connectivity index (χ3v) is 3.16. The molecule has 0 saturated carbocycles. The molecule has 2 rings (SSSR count). The zero-order chi connectivity index (χ0) is 10.9. The van der Waals surface area contributed by atoms with Crippen LogP contribution in [0.2, 0.25) is 0 Å². The molecule has 0 aliphatic carbocycles. The number of ether oxygens (including phenoxy) is 1. The summed E-state index contributed by atoms with van der Waals surface area (Å²) in [6, 6.07) is 5.60. The van der Waals surface area contributed by atoms with Gasteiger partial charge in [-0.1, -0.05) is 13.0 Å². The van der Waals surface area contributed by atoms with Crippen molar-refractivity contribution in [2.45, 2.75) is 25.3 Å². The number of phenolic OH excluding ortho intramolecular Hbond substituents is 1. The largest absolute Gasteiger partial charge is 0.508 e.